The number of rotatable bonds is 3. The Hall–Kier alpha value is -2.05. The third-order valence-corrected chi connectivity index (χ3v) is 3.02. The van der Waals surface area contributed by atoms with E-state index in [2.05, 4.69) is 5.32 Å². The maximum atomic E-state index is 13.5. The van der Waals surface area contributed by atoms with Crippen LogP contribution >= 0.6 is 0 Å². The highest BCUT2D eigenvalue weighted by atomic mass is 19.1. The molecule has 7 heteroatoms. The minimum Gasteiger partial charge on any atom is -0.368 e. The Morgan fingerprint density at radius 1 is 1.20 bits per heavy atom. The van der Waals surface area contributed by atoms with Gasteiger partial charge in [0.2, 0.25) is 5.91 Å². The molecule has 0 saturated carbocycles. The van der Waals surface area contributed by atoms with Crippen LogP contribution < -0.4 is 5.32 Å². The van der Waals surface area contributed by atoms with Gasteiger partial charge in [0.25, 0.3) is 5.91 Å². The highest BCUT2D eigenvalue weighted by Gasteiger charge is 2.40. The second-order valence-electron chi connectivity index (χ2n) is 4.84. The molecular formula is C13H13F3N2O2. The number of anilines is 1. The van der Waals surface area contributed by atoms with E-state index in [1.165, 1.54) is 0 Å². The molecule has 1 unspecified atom stereocenters. The van der Waals surface area contributed by atoms with Crippen molar-refractivity contribution in [3.63, 3.8) is 0 Å². The molecule has 1 fully saturated rings. The van der Waals surface area contributed by atoms with Crippen molar-refractivity contribution in [2.45, 2.75) is 32.4 Å². The Labute approximate surface area is 113 Å². The first-order chi connectivity index (χ1) is 9.31. The van der Waals surface area contributed by atoms with Gasteiger partial charge in [0.15, 0.2) is 11.6 Å². The molecule has 1 aromatic carbocycles. The summed E-state index contributed by atoms with van der Waals surface area (Å²) in [6.07, 6.45) is -0.187. The van der Waals surface area contributed by atoms with Gasteiger partial charge in [0.1, 0.15) is 17.5 Å². The highest BCUT2D eigenvalue weighted by Crippen LogP contribution is 2.25. The minimum atomic E-state index is -1.15. The molecule has 1 heterocycles. The Balaban J connectivity index is 2.24. The van der Waals surface area contributed by atoms with Crippen LogP contribution in [-0.2, 0) is 9.59 Å². The van der Waals surface area contributed by atoms with Gasteiger partial charge in [0.05, 0.1) is 6.42 Å². The van der Waals surface area contributed by atoms with Gasteiger partial charge in [-0.15, -0.1) is 0 Å². The average Bonchev–Trinajstić information content (AvgIpc) is 2.58. The van der Waals surface area contributed by atoms with E-state index in [0.717, 1.165) is 4.90 Å². The van der Waals surface area contributed by atoms with Crippen molar-refractivity contribution in [1.82, 2.24) is 4.90 Å². The molecule has 4 nitrogen and oxygen atoms in total. The summed E-state index contributed by atoms with van der Waals surface area (Å²) < 4.78 is 39.8. The van der Waals surface area contributed by atoms with E-state index in [1.807, 2.05) is 0 Å². The van der Waals surface area contributed by atoms with Crippen molar-refractivity contribution >= 4 is 17.5 Å². The second kappa shape index (κ2) is 5.15. The van der Waals surface area contributed by atoms with Crippen LogP contribution in [0, 0.1) is 17.5 Å². The summed E-state index contributed by atoms with van der Waals surface area (Å²) >= 11 is 0. The number of carbonyl (C=O) groups is 2. The smallest absolute Gasteiger partial charge is 0.252 e. The molecule has 1 aliphatic rings. The molecule has 0 radical (unpaired) electrons. The fourth-order valence-corrected chi connectivity index (χ4v) is 2.16. The molecule has 1 atom stereocenters. The van der Waals surface area contributed by atoms with Gasteiger partial charge in [-0.05, 0) is 13.8 Å². The van der Waals surface area contributed by atoms with Crippen LogP contribution in [0.1, 0.15) is 20.3 Å². The molecule has 0 aliphatic carbocycles. The molecule has 2 amide bonds. The summed E-state index contributed by atoms with van der Waals surface area (Å²) in [5.74, 6) is -4.31. The molecule has 2 rings (SSSR count). The number of halogens is 3. The van der Waals surface area contributed by atoms with Crippen LogP contribution in [0.25, 0.3) is 0 Å². The average molecular weight is 286 g/mol. The van der Waals surface area contributed by atoms with Crippen LogP contribution in [0.15, 0.2) is 12.1 Å². The topological polar surface area (TPSA) is 49.4 Å². The number of hydrogen-bond acceptors (Lipinski definition) is 3. The van der Waals surface area contributed by atoms with Crippen molar-refractivity contribution < 1.29 is 22.8 Å². The molecule has 1 saturated heterocycles. The van der Waals surface area contributed by atoms with E-state index in [-0.39, 0.29) is 12.5 Å². The van der Waals surface area contributed by atoms with E-state index in [9.17, 15) is 22.8 Å². The Kier molecular flexibility index (Phi) is 3.69. The number of amides is 2. The van der Waals surface area contributed by atoms with Crippen LogP contribution in [-0.4, -0.2) is 28.8 Å². The van der Waals surface area contributed by atoms with Crippen molar-refractivity contribution in [2.75, 3.05) is 5.32 Å². The van der Waals surface area contributed by atoms with Crippen LogP contribution in [0.4, 0.5) is 18.9 Å². The van der Waals surface area contributed by atoms with Gasteiger partial charge >= 0.3 is 0 Å². The molecule has 1 N–H and O–H groups in total. The normalized spacial score (nSPS) is 19.1. The third-order valence-electron chi connectivity index (χ3n) is 3.02. The molecule has 108 valence electrons. The lowest BCUT2D eigenvalue weighted by Gasteiger charge is -2.19. The lowest BCUT2D eigenvalue weighted by molar-refractivity contribution is -0.140. The summed E-state index contributed by atoms with van der Waals surface area (Å²) in [5, 5.41) is 2.34. The summed E-state index contributed by atoms with van der Waals surface area (Å²) in [5.41, 5.74) is -0.608. The lowest BCUT2D eigenvalue weighted by Crippen LogP contribution is -2.39. The fourth-order valence-electron chi connectivity index (χ4n) is 2.16. The quantitative estimate of drug-likeness (QED) is 0.865. The summed E-state index contributed by atoms with van der Waals surface area (Å²) in [6, 6.07) is -0.358. The summed E-state index contributed by atoms with van der Waals surface area (Å²) in [4.78, 5) is 24.7. The van der Waals surface area contributed by atoms with Gasteiger partial charge in [-0.3, -0.25) is 14.5 Å². The van der Waals surface area contributed by atoms with Crippen molar-refractivity contribution in [3.05, 3.63) is 29.6 Å². The predicted octanol–water partition coefficient (Wildman–Crippen LogP) is 2.05. The molecule has 20 heavy (non-hydrogen) atoms. The maximum absolute atomic E-state index is 13.5. The van der Waals surface area contributed by atoms with Crippen molar-refractivity contribution in [3.8, 4) is 0 Å². The third kappa shape index (κ3) is 2.48. The molecule has 1 aromatic rings. The molecule has 0 spiro atoms. The zero-order valence-electron chi connectivity index (χ0n) is 10.9. The molecule has 0 bridgehead atoms. The number of benzene rings is 1. The summed E-state index contributed by atoms with van der Waals surface area (Å²) in [7, 11) is 0. The van der Waals surface area contributed by atoms with E-state index < -0.39 is 41.0 Å². The largest absolute Gasteiger partial charge is 0.368 e. The number of imide groups is 1. The van der Waals surface area contributed by atoms with Crippen LogP contribution in [0.2, 0.25) is 0 Å². The van der Waals surface area contributed by atoms with Gasteiger partial charge in [-0.1, -0.05) is 0 Å². The van der Waals surface area contributed by atoms with Gasteiger partial charge in [0, 0.05) is 18.2 Å². The highest BCUT2D eigenvalue weighted by molar-refractivity contribution is 6.07. The van der Waals surface area contributed by atoms with Crippen LogP contribution in [0.3, 0.4) is 0 Å². The number of nitrogens with one attached hydrogen (secondary N) is 1. The zero-order chi connectivity index (χ0) is 15.0. The number of nitrogens with zero attached hydrogens (tertiary/aromatic N) is 1. The van der Waals surface area contributed by atoms with Crippen LogP contribution in [0.5, 0.6) is 0 Å². The molecule has 1 aliphatic heterocycles. The molecule has 0 aromatic heterocycles. The number of hydrogen-bond donors (Lipinski definition) is 1. The zero-order valence-corrected chi connectivity index (χ0v) is 10.9. The van der Waals surface area contributed by atoms with E-state index >= 15 is 0 Å². The summed E-state index contributed by atoms with van der Waals surface area (Å²) in [6.45, 7) is 3.33. The molecular weight excluding hydrogens is 273 g/mol. The van der Waals surface area contributed by atoms with Crippen molar-refractivity contribution in [1.29, 1.82) is 0 Å². The predicted molar refractivity (Wildman–Crippen MR) is 65.3 cm³/mol. The Morgan fingerprint density at radius 2 is 1.75 bits per heavy atom. The van der Waals surface area contributed by atoms with Gasteiger partial charge < -0.3 is 5.32 Å². The number of likely N-dealkylation sites (tertiary alicyclic amines) is 1. The fraction of sp³-hybridized carbons (Fsp3) is 0.385. The Bertz CT molecular complexity index is 552. The first-order valence-electron chi connectivity index (χ1n) is 6.08. The first kappa shape index (κ1) is 14.4. The maximum Gasteiger partial charge on any atom is 0.252 e. The van der Waals surface area contributed by atoms with E-state index in [4.69, 9.17) is 0 Å². The number of carbonyl (C=O) groups excluding carboxylic acids is 2. The Morgan fingerprint density at radius 3 is 2.20 bits per heavy atom. The SMILES string of the molecule is CC(C)N1C(=O)CC(Nc2c(F)cc(F)cc2F)C1=O. The first-order valence-corrected chi connectivity index (χ1v) is 6.08. The van der Waals surface area contributed by atoms with E-state index in [0.29, 0.717) is 12.1 Å². The van der Waals surface area contributed by atoms with Gasteiger partial charge in [-0.2, -0.15) is 0 Å². The lowest BCUT2D eigenvalue weighted by atomic mass is 10.2. The van der Waals surface area contributed by atoms with Gasteiger partial charge in [-0.25, -0.2) is 13.2 Å². The standard InChI is InChI=1S/C13H13F3N2O2/c1-6(2)18-11(19)5-10(13(18)20)17-12-8(15)3-7(14)4-9(12)16/h3-4,6,10,17H,5H2,1-2H3. The minimum absolute atomic E-state index is 0.187. The second-order valence-corrected chi connectivity index (χ2v) is 4.84. The van der Waals surface area contributed by atoms with Crippen molar-refractivity contribution in [2.24, 2.45) is 0 Å². The monoisotopic (exact) mass is 286 g/mol. The van der Waals surface area contributed by atoms with E-state index in [1.54, 1.807) is 13.8 Å².